The molecular formula is C22H27ClINO3. The molecule has 1 amide bonds. The second kappa shape index (κ2) is 9.94. The fourth-order valence-electron chi connectivity index (χ4n) is 2.84. The van der Waals surface area contributed by atoms with Crippen LogP contribution in [0.5, 0.6) is 0 Å². The van der Waals surface area contributed by atoms with Gasteiger partial charge in [-0.2, -0.15) is 0 Å². The van der Waals surface area contributed by atoms with Gasteiger partial charge in [-0.3, -0.25) is 0 Å². The normalized spacial score (nSPS) is 13.7. The minimum Gasteiger partial charge on any atom is -0.446 e. The zero-order chi connectivity index (χ0) is 20.9. The number of hydrogen-bond acceptors (Lipinski definition) is 3. The molecule has 0 aliphatic rings. The average Bonchev–Trinajstić information content (AvgIpc) is 2.60. The Morgan fingerprint density at radius 1 is 1.21 bits per heavy atom. The minimum absolute atomic E-state index is 0.124. The Balaban J connectivity index is 2.05. The zero-order valence-electron chi connectivity index (χ0n) is 16.7. The number of carbonyl (C=O) groups is 1. The molecule has 0 bridgehead atoms. The van der Waals surface area contributed by atoms with Crippen molar-refractivity contribution in [3.8, 4) is 0 Å². The smallest absolute Gasteiger partial charge is 0.410 e. The van der Waals surface area contributed by atoms with Gasteiger partial charge in [-0.1, -0.05) is 35.9 Å². The lowest BCUT2D eigenvalue weighted by Gasteiger charge is -2.37. The van der Waals surface area contributed by atoms with Crippen LogP contribution in [0.1, 0.15) is 44.9 Å². The van der Waals surface area contributed by atoms with Crippen LogP contribution in [-0.4, -0.2) is 34.3 Å². The molecule has 0 spiro atoms. The van der Waals surface area contributed by atoms with Crippen LogP contribution in [-0.2, 0) is 11.2 Å². The van der Waals surface area contributed by atoms with Gasteiger partial charge in [-0.15, -0.1) is 0 Å². The number of ether oxygens (including phenoxy) is 1. The summed E-state index contributed by atoms with van der Waals surface area (Å²) < 4.78 is 6.85. The van der Waals surface area contributed by atoms with Gasteiger partial charge in [0.2, 0.25) is 0 Å². The van der Waals surface area contributed by atoms with Crippen LogP contribution in [0.4, 0.5) is 4.79 Å². The first-order valence-electron chi connectivity index (χ1n) is 9.22. The fraction of sp³-hybridized carbons (Fsp3) is 0.409. The molecule has 0 unspecified atom stereocenters. The van der Waals surface area contributed by atoms with Crippen LogP contribution in [0.25, 0.3) is 0 Å². The second-order valence-corrected chi connectivity index (χ2v) is 9.56. The molecule has 2 aromatic carbocycles. The van der Waals surface area contributed by atoms with Gasteiger partial charge in [0.25, 0.3) is 0 Å². The molecule has 2 rings (SSSR count). The number of nitrogens with zero attached hydrogens (tertiary/aromatic N) is 1. The highest BCUT2D eigenvalue weighted by Crippen LogP contribution is 2.24. The van der Waals surface area contributed by atoms with Crippen molar-refractivity contribution in [2.45, 2.75) is 51.9 Å². The highest BCUT2D eigenvalue weighted by atomic mass is 127. The lowest BCUT2D eigenvalue weighted by atomic mass is 10.0. The van der Waals surface area contributed by atoms with Gasteiger partial charge in [0, 0.05) is 20.6 Å². The van der Waals surface area contributed by atoms with Gasteiger partial charge in [0.05, 0.1) is 12.6 Å². The monoisotopic (exact) mass is 515 g/mol. The number of rotatable bonds is 6. The van der Waals surface area contributed by atoms with Crippen molar-refractivity contribution >= 4 is 40.3 Å². The van der Waals surface area contributed by atoms with Gasteiger partial charge in [-0.25, -0.2) is 4.79 Å². The highest BCUT2D eigenvalue weighted by Gasteiger charge is 2.31. The summed E-state index contributed by atoms with van der Waals surface area (Å²) in [5.41, 5.74) is 1.28. The maximum atomic E-state index is 12.8. The molecule has 2 atom stereocenters. The number of halogens is 2. The zero-order valence-corrected chi connectivity index (χ0v) is 19.6. The van der Waals surface area contributed by atoms with Crippen molar-refractivity contribution in [3.05, 3.63) is 68.3 Å². The summed E-state index contributed by atoms with van der Waals surface area (Å²) in [7, 11) is 0. The quantitative estimate of drug-likeness (QED) is 0.491. The SMILES string of the molecule is C[C@H](Cc1ccc(I)cc1)OC(=O)N(C[C@H](O)c1cccc(Cl)c1)C(C)(C)C. The number of hydrogen-bond donors (Lipinski definition) is 1. The number of β-amino-alcohol motifs (C(OH)–C–C–N with tert-alkyl or cyclic N) is 1. The van der Waals surface area contributed by atoms with E-state index in [1.807, 2.05) is 52.0 Å². The summed E-state index contributed by atoms with van der Waals surface area (Å²) in [6.07, 6.45) is -0.929. The van der Waals surface area contributed by atoms with Crippen LogP contribution >= 0.6 is 34.2 Å². The summed E-state index contributed by atoms with van der Waals surface area (Å²) in [5.74, 6) is 0. The van der Waals surface area contributed by atoms with Crippen LogP contribution < -0.4 is 0 Å². The third-order valence-electron chi connectivity index (χ3n) is 4.36. The summed E-state index contributed by atoms with van der Waals surface area (Å²) in [4.78, 5) is 14.4. The standard InChI is InChI=1S/C22H27ClINO3/c1-15(12-16-8-10-19(24)11-9-16)28-21(27)25(22(2,3)4)14-20(26)17-6-5-7-18(23)13-17/h5-11,13,15,20,26H,12,14H2,1-4H3/t15-,20+/m1/s1. The summed E-state index contributed by atoms with van der Waals surface area (Å²) >= 11 is 8.28. The van der Waals surface area contributed by atoms with Crippen LogP contribution in [0, 0.1) is 3.57 Å². The number of aliphatic hydroxyl groups is 1. The van der Waals surface area contributed by atoms with Crippen LogP contribution in [0.2, 0.25) is 5.02 Å². The van der Waals surface area contributed by atoms with Crippen LogP contribution in [0.15, 0.2) is 48.5 Å². The van der Waals surface area contributed by atoms with Crippen molar-refractivity contribution in [3.63, 3.8) is 0 Å². The van der Waals surface area contributed by atoms with E-state index >= 15 is 0 Å². The molecule has 28 heavy (non-hydrogen) atoms. The second-order valence-electron chi connectivity index (χ2n) is 7.88. The maximum Gasteiger partial charge on any atom is 0.410 e. The molecular weight excluding hydrogens is 489 g/mol. The van der Waals surface area contributed by atoms with E-state index in [0.29, 0.717) is 17.0 Å². The molecule has 0 aliphatic carbocycles. The molecule has 4 nitrogen and oxygen atoms in total. The van der Waals surface area contributed by atoms with E-state index in [2.05, 4.69) is 22.6 Å². The molecule has 0 heterocycles. The Morgan fingerprint density at radius 2 is 1.86 bits per heavy atom. The largest absolute Gasteiger partial charge is 0.446 e. The van der Waals surface area contributed by atoms with Crippen molar-refractivity contribution in [2.24, 2.45) is 0 Å². The van der Waals surface area contributed by atoms with Gasteiger partial charge >= 0.3 is 6.09 Å². The molecule has 0 saturated carbocycles. The van der Waals surface area contributed by atoms with Gasteiger partial charge in [-0.05, 0) is 85.7 Å². The average molecular weight is 516 g/mol. The maximum absolute atomic E-state index is 12.8. The van der Waals surface area contributed by atoms with Crippen LogP contribution in [0.3, 0.4) is 0 Å². The minimum atomic E-state index is -0.850. The third kappa shape index (κ3) is 6.94. The first-order chi connectivity index (χ1) is 13.1. The van der Waals surface area contributed by atoms with E-state index in [-0.39, 0.29) is 12.6 Å². The molecule has 0 aromatic heterocycles. The third-order valence-corrected chi connectivity index (χ3v) is 5.31. The van der Waals surface area contributed by atoms with Gasteiger partial charge in [0.15, 0.2) is 0 Å². The van der Waals surface area contributed by atoms with Crippen molar-refractivity contribution in [1.29, 1.82) is 0 Å². The summed E-state index contributed by atoms with van der Waals surface area (Å²) in [6, 6.07) is 15.2. The molecule has 1 N–H and O–H groups in total. The van der Waals surface area contributed by atoms with Gasteiger partial charge < -0.3 is 14.7 Å². The van der Waals surface area contributed by atoms with Crippen molar-refractivity contribution in [1.82, 2.24) is 4.90 Å². The van der Waals surface area contributed by atoms with Crippen molar-refractivity contribution in [2.75, 3.05) is 6.54 Å². The lowest BCUT2D eigenvalue weighted by molar-refractivity contribution is 0.0198. The number of aliphatic hydroxyl groups excluding tert-OH is 1. The lowest BCUT2D eigenvalue weighted by Crippen LogP contribution is -2.48. The molecule has 6 heteroatoms. The molecule has 0 aliphatic heterocycles. The molecule has 152 valence electrons. The van der Waals surface area contributed by atoms with E-state index in [9.17, 15) is 9.90 Å². The number of amides is 1. The Kier molecular flexibility index (Phi) is 8.16. The van der Waals surface area contributed by atoms with E-state index in [1.54, 1.807) is 29.2 Å². The Labute approximate surface area is 186 Å². The highest BCUT2D eigenvalue weighted by molar-refractivity contribution is 14.1. The Bertz CT molecular complexity index is 789. The summed E-state index contributed by atoms with van der Waals surface area (Å²) in [5, 5.41) is 11.2. The predicted molar refractivity (Wildman–Crippen MR) is 122 cm³/mol. The number of carbonyl (C=O) groups excluding carboxylic acids is 1. The first kappa shape index (κ1) is 23.0. The Hall–Kier alpha value is -1.31. The molecule has 0 saturated heterocycles. The van der Waals surface area contributed by atoms with E-state index in [4.69, 9.17) is 16.3 Å². The van der Waals surface area contributed by atoms with E-state index in [0.717, 1.165) is 5.56 Å². The topological polar surface area (TPSA) is 49.8 Å². The number of benzene rings is 2. The summed E-state index contributed by atoms with van der Waals surface area (Å²) in [6.45, 7) is 7.76. The molecule has 0 radical (unpaired) electrons. The van der Waals surface area contributed by atoms with Crippen molar-refractivity contribution < 1.29 is 14.6 Å². The predicted octanol–water partition coefficient (Wildman–Crippen LogP) is 5.85. The van der Waals surface area contributed by atoms with E-state index in [1.165, 1.54) is 3.57 Å². The first-order valence-corrected chi connectivity index (χ1v) is 10.7. The van der Waals surface area contributed by atoms with E-state index < -0.39 is 17.7 Å². The Morgan fingerprint density at radius 3 is 2.43 bits per heavy atom. The molecule has 2 aromatic rings. The van der Waals surface area contributed by atoms with Gasteiger partial charge in [0.1, 0.15) is 6.10 Å². The molecule has 0 fully saturated rings. The fourth-order valence-corrected chi connectivity index (χ4v) is 3.40.